The highest BCUT2D eigenvalue weighted by Gasteiger charge is 2.23. The molecule has 1 aromatic rings. The third kappa shape index (κ3) is 3.48. The molecule has 0 aromatic heterocycles. The van der Waals surface area contributed by atoms with E-state index in [-0.39, 0.29) is 11.8 Å². The smallest absolute Gasteiger partial charge is 0.306 e. The zero-order chi connectivity index (χ0) is 12.8. The van der Waals surface area contributed by atoms with Crippen molar-refractivity contribution in [2.45, 2.75) is 33.1 Å². The first kappa shape index (κ1) is 13.6. The van der Waals surface area contributed by atoms with Crippen LogP contribution in [0.4, 0.5) is 0 Å². The Kier molecular flexibility index (Phi) is 5.01. The van der Waals surface area contributed by atoms with E-state index >= 15 is 0 Å². The van der Waals surface area contributed by atoms with Crippen LogP contribution in [-0.4, -0.2) is 17.7 Å². The van der Waals surface area contributed by atoms with Gasteiger partial charge >= 0.3 is 5.97 Å². The highest BCUT2D eigenvalue weighted by atomic mass is 16.5. The van der Waals surface area contributed by atoms with Gasteiger partial charge in [0.15, 0.2) is 0 Å². The molecule has 0 aliphatic rings. The Bertz CT molecular complexity index is 373. The van der Waals surface area contributed by atoms with Crippen LogP contribution in [-0.2, 0) is 4.79 Å². The monoisotopic (exact) mass is 236 g/mol. The van der Waals surface area contributed by atoms with Crippen LogP contribution in [0, 0.1) is 5.92 Å². The van der Waals surface area contributed by atoms with Gasteiger partial charge in [-0.2, -0.15) is 0 Å². The lowest BCUT2D eigenvalue weighted by atomic mass is 9.85. The van der Waals surface area contributed by atoms with Crippen LogP contribution in [0.3, 0.4) is 0 Å². The molecule has 0 heterocycles. The van der Waals surface area contributed by atoms with Crippen molar-refractivity contribution in [3.8, 4) is 5.75 Å². The van der Waals surface area contributed by atoms with Crippen LogP contribution >= 0.6 is 0 Å². The van der Waals surface area contributed by atoms with Crippen molar-refractivity contribution < 1.29 is 14.6 Å². The van der Waals surface area contributed by atoms with Gasteiger partial charge < -0.3 is 9.84 Å². The molecule has 0 radical (unpaired) electrons. The number of aliphatic carboxylic acids is 1. The summed E-state index contributed by atoms with van der Waals surface area (Å²) in [4.78, 5) is 11.1. The Labute approximate surface area is 102 Å². The Morgan fingerprint density at radius 3 is 2.65 bits per heavy atom. The molecule has 0 amide bonds. The Morgan fingerprint density at radius 1 is 1.41 bits per heavy atom. The Hall–Kier alpha value is -1.51. The summed E-state index contributed by atoms with van der Waals surface area (Å²) in [5.41, 5.74) is 1.04. The number of hydrogen-bond donors (Lipinski definition) is 1. The van der Waals surface area contributed by atoms with Gasteiger partial charge in [-0.05, 0) is 37.0 Å². The largest absolute Gasteiger partial charge is 0.494 e. The molecule has 2 atom stereocenters. The molecule has 17 heavy (non-hydrogen) atoms. The number of carboxylic acids is 1. The van der Waals surface area contributed by atoms with E-state index in [4.69, 9.17) is 9.84 Å². The SMILES string of the molecule is CCOc1cccc([C@@H](CC)[C@H](C)C(=O)O)c1. The summed E-state index contributed by atoms with van der Waals surface area (Å²) >= 11 is 0. The van der Waals surface area contributed by atoms with Crippen LogP contribution in [0.15, 0.2) is 24.3 Å². The molecule has 0 saturated heterocycles. The number of benzene rings is 1. The summed E-state index contributed by atoms with van der Waals surface area (Å²) in [6.45, 7) is 6.32. The van der Waals surface area contributed by atoms with Crippen LogP contribution in [0.1, 0.15) is 38.7 Å². The van der Waals surface area contributed by atoms with Gasteiger partial charge in [0, 0.05) is 0 Å². The van der Waals surface area contributed by atoms with Gasteiger partial charge in [0.05, 0.1) is 12.5 Å². The molecular weight excluding hydrogens is 216 g/mol. The molecule has 0 aliphatic heterocycles. The summed E-state index contributed by atoms with van der Waals surface area (Å²) < 4.78 is 5.43. The van der Waals surface area contributed by atoms with Crippen molar-refractivity contribution in [3.63, 3.8) is 0 Å². The molecule has 0 spiro atoms. The fourth-order valence-corrected chi connectivity index (χ4v) is 2.05. The van der Waals surface area contributed by atoms with E-state index in [1.807, 2.05) is 38.1 Å². The lowest BCUT2D eigenvalue weighted by Gasteiger charge is -2.20. The molecule has 3 heteroatoms. The third-order valence-corrected chi connectivity index (χ3v) is 3.03. The van der Waals surface area contributed by atoms with Crippen molar-refractivity contribution in [1.29, 1.82) is 0 Å². The maximum absolute atomic E-state index is 11.1. The van der Waals surface area contributed by atoms with Gasteiger partial charge in [-0.15, -0.1) is 0 Å². The van der Waals surface area contributed by atoms with Gasteiger partial charge in [0.25, 0.3) is 0 Å². The molecular formula is C14H20O3. The Morgan fingerprint density at radius 2 is 2.12 bits per heavy atom. The zero-order valence-corrected chi connectivity index (χ0v) is 10.6. The normalized spacial score (nSPS) is 14.1. The van der Waals surface area contributed by atoms with Crippen molar-refractivity contribution >= 4 is 5.97 Å². The van der Waals surface area contributed by atoms with E-state index in [0.29, 0.717) is 6.61 Å². The first-order valence-corrected chi connectivity index (χ1v) is 6.05. The highest BCUT2D eigenvalue weighted by Crippen LogP contribution is 2.30. The van der Waals surface area contributed by atoms with Crippen molar-refractivity contribution in [2.75, 3.05) is 6.61 Å². The van der Waals surface area contributed by atoms with Crippen LogP contribution in [0.25, 0.3) is 0 Å². The minimum Gasteiger partial charge on any atom is -0.494 e. The molecule has 94 valence electrons. The quantitative estimate of drug-likeness (QED) is 0.824. The first-order chi connectivity index (χ1) is 8.10. The van der Waals surface area contributed by atoms with E-state index < -0.39 is 5.97 Å². The fourth-order valence-electron chi connectivity index (χ4n) is 2.05. The molecule has 1 N–H and O–H groups in total. The summed E-state index contributed by atoms with van der Waals surface area (Å²) in [5, 5.41) is 9.09. The summed E-state index contributed by atoms with van der Waals surface area (Å²) in [5.74, 6) is -0.288. The van der Waals surface area contributed by atoms with Crippen molar-refractivity contribution in [1.82, 2.24) is 0 Å². The predicted octanol–water partition coefficient (Wildman–Crippen LogP) is 3.30. The highest BCUT2D eigenvalue weighted by molar-refractivity contribution is 5.71. The van der Waals surface area contributed by atoms with Crippen LogP contribution in [0.5, 0.6) is 5.75 Å². The van der Waals surface area contributed by atoms with Gasteiger partial charge in [-0.25, -0.2) is 0 Å². The molecule has 0 fully saturated rings. The fraction of sp³-hybridized carbons (Fsp3) is 0.500. The lowest BCUT2D eigenvalue weighted by molar-refractivity contribution is -0.141. The summed E-state index contributed by atoms with van der Waals surface area (Å²) in [6, 6.07) is 7.72. The Balaban J connectivity index is 2.95. The molecule has 1 rings (SSSR count). The molecule has 0 saturated carbocycles. The zero-order valence-electron chi connectivity index (χ0n) is 10.6. The second kappa shape index (κ2) is 6.28. The van der Waals surface area contributed by atoms with E-state index in [2.05, 4.69) is 0 Å². The maximum Gasteiger partial charge on any atom is 0.306 e. The van der Waals surface area contributed by atoms with Gasteiger partial charge in [-0.3, -0.25) is 4.79 Å². The number of ether oxygens (including phenoxy) is 1. The summed E-state index contributed by atoms with van der Waals surface area (Å²) in [7, 11) is 0. The van der Waals surface area contributed by atoms with Crippen LogP contribution in [0.2, 0.25) is 0 Å². The van der Waals surface area contributed by atoms with E-state index in [1.165, 1.54) is 0 Å². The predicted molar refractivity (Wildman–Crippen MR) is 67.4 cm³/mol. The van der Waals surface area contributed by atoms with Gasteiger partial charge in [-0.1, -0.05) is 26.0 Å². The minimum atomic E-state index is -0.751. The van der Waals surface area contributed by atoms with Gasteiger partial charge in [0.1, 0.15) is 5.75 Å². The number of carbonyl (C=O) groups is 1. The standard InChI is InChI=1S/C14H20O3/c1-4-13(10(3)14(15)16)11-7-6-8-12(9-11)17-5-2/h6-10,13H,4-5H2,1-3H3,(H,15,16)/t10-,13-/m0/s1. The second-order valence-corrected chi connectivity index (χ2v) is 4.15. The average molecular weight is 236 g/mol. The molecule has 0 bridgehead atoms. The second-order valence-electron chi connectivity index (χ2n) is 4.15. The van der Waals surface area contributed by atoms with Gasteiger partial charge in [0.2, 0.25) is 0 Å². The van der Waals surface area contributed by atoms with Crippen molar-refractivity contribution in [3.05, 3.63) is 29.8 Å². The van der Waals surface area contributed by atoms with Crippen LogP contribution < -0.4 is 4.74 Å². The maximum atomic E-state index is 11.1. The third-order valence-electron chi connectivity index (χ3n) is 3.03. The van der Waals surface area contributed by atoms with E-state index in [0.717, 1.165) is 17.7 Å². The lowest BCUT2D eigenvalue weighted by Crippen LogP contribution is -2.18. The average Bonchev–Trinajstić information content (AvgIpc) is 2.30. The summed E-state index contributed by atoms with van der Waals surface area (Å²) in [6.07, 6.45) is 0.809. The van der Waals surface area contributed by atoms with E-state index in [9.17, 15) is 4.79 Å². The number of rotatable bonds is 6. The molecule has 0 unspecified atom stereocenters. The number of carboxylic acid groups (broad SMARTS) is 1. The minimum absolute atomic E-state index is 0.0351. The number of hydrogen-bond acceptors (Lipinski definition) is 2. The van der Waals surface area contributed by atoms with E-state index in [1.54, 1.807) is 6.92 Å². The molecule has 0 aliphatic carbocycles. The first-order valence-electron chi connectivity index (χ1n) is 6.05. The molecule has 1 aromatic carbocycles. The topological polar surface area (TPSA) is 46.5 Å². The molecule has 3 nitrogen and oxygen atoms in total. The van der Waals surface area contributed by atoms with Crippen molar-refractivity contribution in [2.24, 2.45) is 5.92 Å².